The third-order valence-corrected chi connectivity index (χ3v) is 3.77. The molecule has 1 fully saturated rings. The summed E-state index contributed by atoms with van der Waals surface area (Å²) in [6.45, 7) is 1.72. The highest BCUT2D eigenvalue weighted by molar-refractivity contribution is 5.81. The van der Waals surface area contributed by atoms with E-state index in [1.54, 1.807) is 20.2 Å². The predicted molar refractivity (Wildman–Crippen MR) is 60.7 cm³/mol. The summed E-state index contributed by atoms with van der Waals surface area (Å²) < 4.78 is 28.0. The smallest absolute Gasteiger partial charge is 0.314 e. The second kappa shape index (κ2) is 4.03. The van der Waals surface area contributed by atoms with Crippen molar-refractivity contribution in [3.8, 4) is 0 Å². The molecule has 1 heterocycles. The van der Waals surface area contributed by atoms with E-state index in [2.05, 4.69) is 5.10 Å². The molecule has 1 N–H and O–H groups in total. The van der Waals surface area contributed by atoms with Gasteiger partial charge in [0, 0.05) is 31.6 Å². The molecule has 1 aliphatic carbocycles. The maximum atomic E-state index is 13.2. The van der Waals surface area contributed by atoms with Crippen molar-refractivity contribution < 1.29 is 18.7 Å². The van der Waals surface area contributed by atoms with E-state index in [9.17, 15) is 18.7 Å². The largest absolute Gasteiger partial charge is 0.481 e. The van der Waals surface area contributed by atoms with Crippen LogP contribution in [-0.4, -0.2) is 26.8 Å². The van der Waals surface area contributed by atoms with Crippen molar-refractivity contribution in [2.75, 3.05) is 0 Å². The van der Waals surface area contributed by atoms with Gasteiger partial charge in [0.1, 0.15) is 0 Å². The Morgan fingerprint density at radius 2 is 1.94 bits per heavy atom. The van der Waals surface area contributed by atoms with Gasteiger partial charge < -0.3 is 5.11 Å². The highest BCUT2D eigenvalue weighted by Crippen LogP contribution is 2.46. The molecule has 1 saturated carbocycles. The van der Waals surface area contributed by atoms with Crippen LogP contribution in [0.5, 0.6) is 0 Å². The minimum atomic E-state index is -2.74. The molecule has 0 saturated heterocycles. The summed E-state index contributed by atoms with van der Waals surface area (Å²) >= 11 is 0. The summed E-state index contributed by atoms with van der Waals surface area (Å²) in [5.41, 5.74) is -0.0434. The minimum absolute atomic E-state index is 0.0398. The van der Waals surface area contributed by atoms with Crippen molar-refractivity contribution in [1.82, 2.24) is 9.78 Å². The van der Waals surface area contributed by atoms with Gasteiger partial charge in [-0.2, -0.15) is 5.10 Å². The summed E-state index contributed by atoms with van der Waals surface area (Å²) in [6.07, 6.45) is 0.790. The third-order valence-electron chi connectivity index (χ3n) is 3.77. The molecule has 4 nitrogen and oxygen atoms in total. The number of hydrogen-bond acceptors (Lipinski definition) is 2. The fourth-order valence-electron chi connectivity index (χ4n) is 2.71. The normalized spacial score (nSPS) is 21.8. The van der Waals surface area contributed by atoms with E-state index in [1.165, 1.54) is 4.68 Å². The zero-order valence-corrected chi connectivity index (χ0v) is 10.4. The zero-order valence-electron chi connectivity index (χ0n) is 10.4. The topological polar surface area (TPSA) is 55.1 Å². The van der Waals surface area contributed by atoms with Gasteiger partial charge in [-0.25, -0.2) is 8.78 Å². The number of carboxylic acid groups (broad SMARTS) is 1. The van der Waals surface area contributed by atoms with Crippen LogP contribution in [-0.2, 0) is 17.3 Å². The summed E-state index contributed by atoms with van der Waals surface area (Å²) in [4.78, 5) is 11.6. The first-order valence-corrected chi connectivity index (χ1v) is 5.89. The zero-order chi connectivity index (χ0) is 13.6. The third kappa shape index (κ3) is 2.00. The fourth-order valence-corrected chi connectivity index (χ4v) is 2.71. The van der Waals surface area contributed by atoms with Crippen LogP contribution in [0.4, 0.5) is 8.78 Å². The summed E-state index contributed by atoms with van der Waals surface area (Å²) in [5, 5.41) is 13.6. The lowest BCUT2D eigenvalue weighted by molar-refractivity contribution is -0.149. The molecule has 0 unspecified atom stereocenters. The maximum absolute atomic E-state index is 13.2. The summed E-state index contributed by atoms with van der Waals surface area (Å²) in [6, 6.07) is 0. The SMILES string of the molecule is Cc1nn(C)cc1C1(C(=O)O)CCC(F)(F)CC1. The fraction of sp³-hybridized carbons (Fsp3) is 0.667. The van der Waals surface area contributed by atoms with E-state index in [0.717, 1.165) is 0 Å². The first-order chi connectivity index (χ1) is 8.27. The molecule has 0 aromatic carbocycles. The quantitative estimate of drug-likeness (QED) is 0.885. The average Bonchev–Trinajstić information content (AvgIpc) is 2.58. The Balaban J connectivity index is 2.41. The highest BCUT2D eigenvalue weighted by Gasteiger charge is 2.50. The van der Waals surface area contributed by atoms with Crippen LogP contribution in [0.25, 0.3) is 0 Å². The molecular weight excluding hydrogens is 242 g/mol. The Hall–Kier alpha value is -1.46. The van der Waals surface area contributed by atoms with Crippen LogP contribution in [0.1, 0.15) is 36.9 Å². The number of hydrogen-bond donors (Lipinski definition) is 1. The Bertz CT molecular complexity index is 472. The number of aliphatic carboxylic acids is 1. The van der Waals surface area contributed by atoms with Gasteiger partial charge in [-0.05, 0) is 19.8 Å². The second-order valence-corrected chi connectivity index (χ2v) is 5.05. The van der Waals surface area contributed by atoms with Crippen LogP contribution in [0.3, 0.4) is 0 Å². The Morgan fingerprint density at radius 1 is 1.39 bits per heavy atom. The number of halogens is 2. The molecule has 1 aliphatic rings. The number of alkyl halides is 2. The minimum Gasteiger partial charge on any atom is -0.481 e. The van der Waals surface area contributed by atoms with Gasteiger partial charge in [-0.3, -0.25) is 9.48 Å². The number of nitrogens with zero attached hydrogens (tertiary/aromatic N) is 2. The second-order valence-electron chi connectivity index (χ2n) is 5.05. The van der Waals surface area contributed by atoms with Crippen molar-refractivity contribution in [1.29, 1.82) is 0 Å². The molecule has 1 aromatic rings. The van der Waals surface area contributed by atoms with Crippen LogP contribution >= 0.6 is 0 Å². The van der Waals surface area contributed by atoms with Crippen molar-refractivity contribution in [3.63, 3.8) is 0 Å². The van der Waals surface area contributed by atoms with Crippen molar-refractivity contribution in [3.05, 3.63) is 17.5 Å². The monoisotopic (exact) mass is 258 g/mol. The highest BCUT2D eigenvalue weighted by atomic mass is 19.3. The van der Waals surface area contributed by atoms with Gasteiger partial charge in [0.15, 0.2) is 0 Å². The molecule has 1 aromatic heterocycles. The van der Waals surface area contributed by atoms with Crippen LogP contribution in [0, 0.1) is 6.92 Å². The molecule has 0 bridgehead atoms. The lowest BCUT2D eigenvalue weighted by Crippen LogP contribution is -2.43. The summed E-state index contributed by atoms with van der Waals surface area (Å²) in [7, 11) is 1.70. The number of aryl methyl sites for hydroxylation is 2. The average molecular weight is 258 g/mol. The van der Waals surface area contributed by atoms with E-state index in [0.29, 0.717) is 11.3 Å². The number of rotatable bonds is 2. The standard InChI is InChI=1S/C12H16F2N2O2/c1-8-9(7-16(2)15-8)11(10(17)18)3-5-12(13,14)6-4-11/h7H,3-6H2,1-2H3,(H,17,18). The van der Waals surface area contributed by atoms with Gasteiger partial charge in [-0.15, -0.1) is 0 Å². The maximum Gasteiger partial charge on any atom is 0.314 e. The molecule has 18 heavy (non-hydrogen) atoms. The van der Waals surface area contributed by atoms with Crippen molar-refractivity contribution in [2.24, 2.45) is 7.05 Å². The van der Waals surface area contributed by atoms with Crippen LogP contribution in [0.15, 0.2) is 6.20 Å². The molecule has 6 heteroatoms. The van der Waals surface area contributed by atoms with Crippen LogP contribution < -0.4 is 0 Å². The first kappa shape index (κ1) is 13.0. The van der Waals surface area contributed by atoms with E-state index >= 15 is 0 Å². The van der Waals surface area contributed by atoms with Gasteiger partial charge in [0.2, 0.25) is 5.92 Å². The molecule has 0 aliphatic heterocycles. The van der Waals surface area contributed by atoms with Crippen LogP contribution in [0.2, 0.25) is 0 Å². The molecule has 0 amide bonds. The van der Waals surface area contributed by atoms with Crippen molar-refractivity contribution in [2.45, 2.75) is 43.9 Å². The molecule has 0 spiro atoms. The lowest BCUT2D eigenvalue weighted by atomic mass is 9.68. The summed E-state index contributed by atoms with van der Waals surface area (Å²) in [5.74, 6) is -3.77. The van der Waals surface area contributed by atoms with Gasteiger partial charge >= 0.3 is 5.97 Å². The van der Waals surface area contributed by atoms with E-state index < -0.39 is 17.3 Å². The molecule has 0 atom stereocenters. The number of carboxylic acids is 1. The van der Waals surface area contributed by atoms with Gasteiger partial charge in [0.05, 0.1) is 11.1 Å². The van der Waals surface area contributed by atoms with E-state index in [1.807, 2.05) is 0 Å². The van der Waals surface area contributed by atoms with E-state index in [-0.39, 0.29) is 25.7 Å². The Kier molecular flexibility index (Phi) is 2.91. The van der Waals surface area contributed by atoms with Gasteiger partial charge in [-0.1, -0.05) is 0 Å². The Labute approximate surface area is 104 Å². The molecule has 2 rings (SSSR count). The Morgan fingerprint density at radius 3 is 2.33 bits per heavy atom. The molecular formula is C12H16F2N2O2. The number of carbonyl (C=O) groups is 1. The molecule has 0 radical (unpaired) electrons. The van der Waals surface area contributed by atoms with E-state index in [4.69, 9.17) is 0 Å². The lowest BCUT2D eigenvalue weighted by Gasteiger charge is -2.36. The first-order valence-electron chi connectivity index (χ1n) is 5.89. The van der Waals surface area contributed by atoms with Crippen molar-refractivity contribution >= 4 is 5.97 Å². The number of aromatic nitrogens is 2. The molecule has 100 valence electrons. The van der Waals surface area contributed by atoms with Gasteiger partial charge in [0.25, 0.3) is 0 Å². The predicted octanol–water partition coefficient (Wildman–Crippen LogP) is 2.26.